The highest BCUT2D eigenvalue weighted by Crippen LogP contribution is 2.04. The summed E-state index contributed by atoms with van der Waals surface area (Å²) in [5.74, 6) is -0.340. The van der Waals surface area contributed by atoms with E-state index in [0.717, 1.165) is 5.56 Å². The molecule has 0 saturated carbocycles. The average molecular weight is 229 g/mol. The number of hydrogen-bond donors (Lipinski definition) is 0. The maximum Gasteiger partial charge on any atom is 0.338 e. The van der Waals surface area contributed by atoms with Crippen molar-refractivity contribution in [2.24, 2.45) is 0 Å². The van der Waals surface area contributed by atoms with Crippen molar-refractivity contribution in [2.45, 2.75) is 6.92 Å². The molecule has 0 aromatic heterocycles. The van der Waals surface area contributed by atoms with Gasteiger partial charge in [-0.05, 0) is 19.1 Å². The summed E-state index contributed by atoms with van der Waals surface area (Å²) in [4.78, 5) is 11.4. The van der Waals surface area contributed by atoms with E-state index in [1.54, 1.807) is 12.1 Å². The molecular weight excluding hydrogens is 216 g/mol. The molecule has 15 heavy (non-hydrogen) atoms. The predicted octanol–water partition coefficient (Wildman–Crippen LogP) is 2.36. The van der Waals surface area contributed by atoms with E-state index < -0.39 is 0 Å². The highest BCUT2D eigenvalue weighted by Gasteiger charge is 2.05. The second kappa shape index (κ2) is 6.43. The Bertz CT molecular complexity index is 308. The van der Waals surface area contributed by atoms with Gasteiger partial charge >= 0.3 is 5.97 Å². The van der Waals surface area contributed by atoms with Gasteiger partial charge in [0.1, 0.15) is 12.7 Å². The summed E-state index contributed by atoms with van der Waals surface area (Å²) in [6.07, 6.45) is 0. The fraction of sp³-hybridized carbons (Fsp3) is 0.364. The molecule has 0 bridgehead atoms. The normalized spacial score (nSPS) is 10.0. The second-order valence-electron chi connectivity index (χ2n) is 3.02. The molecule has 0 fully saturated rings. The van der Waals surface area contributed by atoms with Crippen LogP contribution < -0.4 is 0 Å². The van der Waals surface area contributed by atoms with Crippen LogP contribution in [0.2, 0.25) is 0 Å². The lowest BCUT2D eigenvalue weighted by atomic mass is 10.1. The highest BCUT2D eigenvalue weighted by atomic mass is 35.5. The number of hydrogen-bond acceptors (Lipinski definition) is 3. The first-order chi connectivity index (χ1) is 7.24. The number of aryl methyl sites for hydroxylation is 1. The van der Waals surface area contributed by atoms with E-state index in [1.165, 1.54) is 0 Å². The number of benzene rings is 1. The van der Waals surface area contributed by atoms with Crippen molar-refractivity contribution in [1.29, 1.82) is 0 Å². The van der Waals surface area contributed by atoms with E-state index in [0.29, 0.717) is 12.2 Å². The van der Waals surface area contributed by atoms with Crippen LogP contribution in [0.3, 0.4) is 0 Å². The van der Waals surface area contributed by atoms with Crippen LogP contribution in [-0.4, -0.2) is 25.2 Å². The summed E-state index contributed by atoms with van der Waals surface area (Å²) in [6.45, 7) is 2.50. The van der Waals surface area contributed by atoms with E-state index >= 15 is 0 Å². The third-order valence-electron chi connectivity index (χ3n) is 1.83. The Morgan fingerprint density at radius 2 is 1.93 bits per heavy atom. The predicted molar refractivity (Wildman–Crippen MR) is 58.1 cm³/mol. The zero-order chi connectivity index (χ0) is 11.1. The highest BCUT2D eigenvalue weighted by molar-refractivity contribution is 6.17. The van der Waals surface area contributed by atoms with Crippen molar-refractivity contribution in [3.05, 3.63) is 35.4 Å². The molecule has 1 aromatic carbocycles. The minimum absolute atomic E-state index is 0.113. The van der Waals surface area contributed by atoms with Crippen LogP contribution in [0.1, 0.15) is 15.9 Å². The fourth-order valence-electron chi connectivity index (χ4n) is 1.02. The number of carbonyl (C=O) groups is 1. The molecule has 1 aromatic rings. The Morgan fingerprint density at radius 3 is 2.53 bits per heavy atom. The van der Waals surface area contributed by atoms with Gasteiger partial charge in [-0.1, -0.05) is 29.3 Å². The summed E-state index contributed by atoms with van der Waals surface area (Å²) < 4.78 is 9.77. The molecule has 0 atom stereocenters. The SMILES string of the molecule is Cc1ccc(C(=O)OCCOCCl)cc1. The average Bonchev–Trinajstić information content (AvgIpc) is 2.25. The molecule has 1 rings (SSSR count). The number of esters is 1. The Morgan fingerprint density at radius 1 is 1.27 bits per heavy atom. The van der Waals surface area contributed by atoms with Gasteiger partial charge in [-0.25, -0.2) is 4.79 Å². The smallest absolute Gasteiger partial charge is 0.338 e. The van der Waals surface area contributed by atoms with Gasteiger partial charge in [-0.15, -0.1) is 0 Å². The Balaban J connectivity index is 2.37. The van der Waals surface area contributed by atoms with Crippen molar-refractivity contribution < 1.29 is 14.3 Å². The first kappa shape index (κ1) is 12.0. The first-order valence-electron chi connectivity index (χ1n) is 4.61. The number of alkyl halides is 1. The lowest BCUT2D eigenvalue weighted by molar-refractivity contribution is 0.0371. The standard InChI is InChI=1S/C11H13ClO3/c1-9-2-4-10(5-3-9)11(13)15-7-6-14-8-12/h2-5H,6-8H2,1H3. The summed E-state index contributed by atoms with van der Waals surface area (Å²) in [5, 5.41) is 0. The Labute approximate surface area is 93.9 Å². The minimum Gasteiger partial charge on any atom is -0.460 e. The summed E-state index contributed by atoms with van der Waals surface area (Å²) in [5.41, 5.74) is 1.66. The van der Waals surface area contributed by atoms with Crippen LogP contribution >= 0.6 is 11.6 Å². The maximum atomic E-state index is 11.4. The Kier molecular flexibility index (Phi) is 5.15. The summed E-state index contributed by atoms with van der Waals surface area (Å²) in [7, 11) is 0. The summed E-state index contributed by atoms with van der Waals surface area (Å²) >= 11 is 5.29. The van der Waals surface area contributed by atoms with Crippen molar-refractivity contribution >= 4 is 17.6 Å². The minimum atomic E-state index is -0.340. The zero-order valence-electron chi connectivity index (χ0n) is 8.53. The van der Waals surface area contributed by atoms with Gasteiger partial charge in [0, 0.05) is 0 Å². The van der Waals surface area contributed by atoms with Crippen molar-refractivity contribution in [1.82, 2.24) is 0 Å². The van der Waals surface area contributed by atoms with Crippen LogP contribution in [0.5, 0.6) is 0 Å². The quantitative estimate of drug-likeness (QED) is 0.441. The number of halogens is 1. The van der Waals surface area contributed by atoms with Crippen LogP contribution in [0.15, 0.2) is 24.3 Å². The van der Waals surface area contributed by atoms with Crippen LogP contribution in [-0.2, 0) is 9.47 Å². The summed E-state index contributed by atoms with van der Waals surface area (Å²) in [6, 6.07) is 7.32. The van der Waals surface area contributed by atoms with Gasteiger partial charge in [0.2, 0.25) is 0 Å². The second-order valence-corrected chi connectivity index (χ2v) is 3.24. The zero-order valence-corrected chi connectivity index (χ0v) is 9.29. The number of rotatable bonds is 5. The molecule has 3 nitrogen and oxygen atoms in total. The lowest BCUT2D eigenvalue weighted by Crippen LogP contribution is -2.10. The van der Waals surface area contributed by atoms with E-state index in [2.05, 4.69) is 0 Å². The molecule has 0 aliphatic heterocycles. The molecule has 4 heteroatoms. The monoisotopic (exact) mass is 228 g/mol. The van der Waals surface area contributed by atoms with Gasteiger partial charge in [0.15, 0.2) is 0 Å². The largest absolute Gasteiger partial charge is 0.460 e. The van der Waals surface area contributed by atoms with E-state index in [1.807, 2.05) is 19.1 Å². The van der Waals surface area contributed by atoms with Crippen LogP contribution in [0.4, 0.5) is 0 Å². The first-order valence-corrected chi connectivity index (χ1v) is 5.15. The van der Waals surface area contributed by atoms with Crippen molar-refractivity contribution in [3.8, 4) is 0 Å². The molecule has 0 aliphatic rings. The fourth-order valence-corrected chi connectivity index (χ4v) is 1.13. The molecule has 0 saturated heterocycles. The van der Waals surface area contributed by atoms with Gasteiger partial charge in [-0.2, -0.15) is 0 Å². The molecule has 82 valence electrons. The number of ether oxygens (including phenoxy) is 2. The molecule has 0 amide bonds. The lowest BCUT2D eigenvalue weighted by Gasteiger charge is -2.04. The van der Waals surface area contributed by atoms with E-state index in [4.69, 9.17) is 21.1 Å². The third kappa shape index (κ3) is 4.32. The van der Waals surface area contributed by atoms with Crippen LogP contribution in [0.25, 0.3) is 0 Å². The molecule has 0 N–H and O–H groups in total. The maximum absolute atomic E-state index is 11.4. The van der Waals surface area contributed by atoms with Crippen molar-refractivity contribution in [3.63, 3.8) is 0 Å². The molecule has 0 spiro atoms. The Hall–Kier alpha value is -1.06. The van der Waals surface area contributed by atoms with E-state index in [9.17, 15) is 4.79 Å². The molecule has 0 aliphatic carbocycles. The molecule has 0 radical (unpaired) electrons. The number of carbonyl (C=O) groups excluding carboxylic acids is 1. The van der Waals surface area contributed by atoms with Gasteiger partial charge < -0.3 is 9.47 Å². The topological polar surface area (TPSA) is 35.5 Å². The third-order valence-corrected chi connectivity index (χ3v) is 1.98. The molecule has 0 heterocycles. The molecule has 0 unspecified atom stereocenters. The van der Waals surface area contributed by atoms with Gasteiger partial charge in [0.05, 0.1) is 12.2 Å². The molecular formula is C11H13ClO3. The van der Waals surface area contributed by atoms with Crippen LogP contribution in [0, 0.1) is 6.92 Å². The van der Waals surface area contributed by atoms with Crippen molar-refractivity contribution in [2.75, 3.05) is 19.3 Å². The van der Waals surface area contributed by atoms with Gasteiger partial charge in [0.25, 0.3) is 0 Å². The van der Waals surface area contributed by atoms with Gasteiger partial charge in [-0.3, -0.25) is 0 Å². The van der Waals surface area contributed by atoms with E-state index in [-0.39, 0.29) is 18.6 Å².